The summed E-state index contributed by atoms with van der Waals surface area (Å²) in [6.07, 6.45) is 5.93. The molecule has 0 atom stereocenters. The van der Waals surface area contributed by atoms with Crippen molar-refractivity contribution in [3.8, 4) is 6.07 Å². The summed E-state index contributed by atoms with van der Waals surface area (Å²) in [5, 5.41) is 13.7. The van der Waals surface area contributed by atoms with Crippen molar-refractivity contribution >= 4 is 40.2 Å². The van der Waals surface area contributed by atoms with E-state index in [2.05, 4.69) is 22.9 Å². The number of rotatable bonds is 6. The van der Waals surface area contributed by atoms with Gasteiger partial charge in [-0.05, 0) is 31.0 Å². The smallest absolute Gasteiger partial charge is 0.262 e. The summed E-state index contributed by atoms with van der Waals surface area (Å²) in [6, 6.07) is 7.23. The molecule has 0 saturated heterocycles. The average molecular weight is 417 g/mol. The Morgan fingerprint density at radius 1 is 1.43 bits per heavy atom. The average Bonchev–Trinajstić information content (AvgIpc) is 2.70. The van der Waals surface area contributed by atoms with Gasteiger partial charge >= 0.3 is 0 Å². The predicted molar refractivity (Wildman–Crippen MR) is 112 cm³/mol. The van der Waals surface area contributed by atoms with Crippen LogP contribution < -0.4 is 10.9 Å². The van der Waals surface area contributed by atoms with Crippen LogP contribution >= 0.6 is 23.4 Å². The topological polar surface area (TPSA) is 87.8 Å². The standard InChI is InChI=1S/C20H21ClN4O2S/c1-2-10-25-18(27)15-11-14(21)6-7-16(15)23-19(25)28-12-17(26)24-20(13-22)8-4-3-5-9-20/h2,6-7,11H,1,3-5,8-10,12H2,(H,24,26). The summed E-state index contributed by atoms with van der Waals surface area (Å²) in [7, 11) is 0. The second-order valence-electron chi connectivity index (χ2n) is 6.85. The molecule has 0 spiro atoms. The Kier molecular flexibility index (Phi) is 6.42. The van der Waals surface area contributed by atoms with Crippen molar-refractivity contribution < 1.29 is 4.79 Å². The molecule has 6 nitrogen and oxygen atoms in total. The quantitative estimate of drug-likeness (QED) is 0.441. The lowest BCUT2D eigenvalue weighted by atomic mass is 9.83. The molecule has 8 heteroatoms. The Bertz CT molecular complexity index is 1010. The number of halogens is 1. The van der Waals surface area contributed by atoms with Crippen molar-refractivity contribution in [3.05, 3.63) is 46.2 Å². The van der Waals surface area contributed by atoms with Crippen molar-refractivity contribution in [2.45, 2.75) is 49.3 Å². The highest BCUT2D eigenvalue weighted by Gasteiger charge is 2.33. The molecule has 1 aromatic carbocycles. The highest BCUT2D eigenvalue weighted by atomic mass is 35.5. The van der Waals surface area contributed by atoms with E-state index in [0.717, 1.165) is 19.3 Å². The van der Waals surface area contributed by atoms with Gasteiger partial charge in [0.15, 0.2) is 5.16 Å². The fourth-order valence-corrected chi connectivity index (χ4v) is 4.41. The normalized spacial score (nSPS) is 15.7. The molecule has 1 aliphatic rings. The number of nitrogens with zero attached hydrogens (tertiary/aromatic N) is 3. The number of carbonyl (C=O) groups is 1. The molecule has 0 unspecified atom stereocenters. The lowest BCUT2D eigenvalue weighted by molar-refractivity contribution is -0.120. The molecule has 28 heavy (non-hydrogen) atoms. The minimum Gasteiger partial charge on any atom is -0.337 e. The van der Waals surface area contributed by atoms with Crippen LogP contribution in [0.4, 0.5) is 0 Å². The van der Waals surface area contributed by atoms with Crippen LogP contribution in [0.25, 0.3) is 10.9 Å². The van der Waals surface area contributed by atoms with Gasteiger partial charge in [0, 0.05) is 11.6 Å². The zero-order chi connectivity index (χ0) is 20.1. The first-order valence-electron chi connectivity index (χ1n) is 9.14. The van der Waals surface area contributed by atoms with Gasteiger partial charge in [0.05, 0.1) is 22.7 Å². The van der Waals surface area contributed by atoms with Crippen LogP contribution in [-0.4, -0.2) is 26.8 Å². The van der Waals surface area contributed by atoms with Gasteiger partial charge in [-0.1, -0.05) is 48.7 Å². The third-order valence-electron chi connectivity index (χ3n) is 4.83. The Morgan fingerprint density at radius 3 is 2.86 bits per heavy atom. The van der Waals surface area contributed by atoms with Crippen molar-refractivity contribution in [1.29, 1.82) is 5.26 Å². The van der Waals surface area contributed by atoms with Crippen molar-refractivity contribution in [2.75, 3.05) is 5.75 Å². The summed E-state index contributed by atoms with van der Waals surface area (Å²) in [5.74, 6) is -0.157. The van der Waals surface area contributed by atoms with Gasteiger partial charge in [0.2, 0.25) is 5.91 Å². The first-order chi connectivity index (χ1) is 13.5. The Hall–Kier alpha value is -2.30. The number of nitrogens with one attached hydrogen (secondary N) is 1. The summed E-state index contributed by atoms with van der Waals surface area (Å²) in [5.41, 5.74) is -0.473. The SMILES string of the molecule is C=CCn1c(SCC(=O)NC2(C#N)CCCCC2)nc2ccc(Cl)cc2c1=O. The third-order valence-corrected chi connectivity index (χ3v) is 6.04. The van der Waals surface area contributed by atoms with E-state index >= 15 is 0 Å². The molecule has 0 bridgehead atoms. The summed E-state index contributed by atoms with van der Waals surface area (Å²) >= 11 is 7.18. The van der Waals surface area contributed by atoms with E-state index in [1.165, 1.54) is 16.3 Å². The van der Waals surface area contributed by atoms with Gasteiger partial charge in [0.25, 0.3) is 5.56 Å². The van der Waals surface area contributed by atoms with Crippen LogP contribution in [0.15, 0.2) is 40.8 Å². The molecule has 1 aliphatic carbocycles. The molecule has 0 aliphatic heterocycles. The lowest BCUT2D eigenvalue weighted by Gasteiger charge is -2.31. The Morgan fingerprint density at radius 2 is 2.18 bits per heavy atom. The minimum absolute atomic E-state index is 0.0755. The molecule has 1 fully saturated rings. The number of fused-ring (bicyclic) bond motifs is 1. The van der Waals surface area contributed by atoms with Crippen LogP contribution in [0, 0.1) is 11.3 Å². The molecule has 3 rings (SSSR count). The number of hydrogen-bond donors (Lipinski definition) is 1. The molecular weight excluding hydrogens is 396 g/mol. The molecule has 0 radical (unpaired) electrons. The van der Waals surface area contributed by atoms with E-state index < -0.39 is 5.54 Å². The maximum Gasteiger partial charge on any atom is 0.262 e. The fourth-order valence-electron chi connectivity index (χ4n) is 3.43. The van der Waals surface area contributed by atoms with Crippen LogP contribution in [0.1, 0.15) is 32.1 Å². The number of carbonyl (C=O) groups excluding carboxylic acids is 1. The zero-order valence-electron chi connectivity index (χ0n) is 15.4. The van der Waals surface area contributed by atoms with Crippen molar-refractivity contribution in [3.63, 3.8) is 0 Å². The maximum absolute atomic E-state index is 12.8. The van der Waals surface area contributed by atoms with Gasteiger partial charge in [-0.15, -0.1) is 6.58 Å². The molecule has 146 valence electrons. The predicted octanol–water partition coefficient (Wildman–Crippen LogP) is 3.67. The first kappa shape index (κ1) is 20.4. The molecule has 1 amide bonds. The number of aromatic nitrogens is 2. The number of amides is 1. The van der Waals surface area contributed by atoms with Gasteiger partial charge in [-0.2, -0.15) is 5.26 Å². The highest BCUT2D eigenvalue weighted by Crippen LogP contribution is 2.28. The van der Waals surface area contributed by atoms with Crippen LogP contribution in [-0.2, 0) is 11.3 Å². The van der Waals surface area contributed by atoms with Gasteiger partial charge < -0.3 is 5.32 Å². The Labute approximate surface area is 172 Å². The molecular formula is C20H21ClN4O2S. The van der Waals surface area contributed by atoms with Crippen LogP contribution in [0.5, 0.6) is 0 Å². The number of hydrogen-bond acceptors (Lipinski definition) is 5. The molecule has 1 N–H and O–H groups in total. The van der Waals surface area contributed by atoms with Gasteiger partial charge in [-0.25, -0.2) is 4.98 Å². The summed E-state index contributed by atoms with van der Waals surface area (Å²) < 4.78 is 1.48. The second-order valence-corrected chi connectivity index (χ2v) is 8.23. The molecule has 2 aromatic rings. The Balaban J connectivity index is 1.81. The number of thioether (sulfide) groups is 1. The fraction of sp³-hybridized carbons (Fsp3) is 0.400. The van der Waals surface area contributed by atoms with Gasteiger partial charge in [0.1, 0.15) is 5.54 Å². The monoisotopic (exact) mass is 416 g/mol. The molecule has 1 aromatic heterocycles. The molecule has 1 saturated carbocycles. The van der Waals surface area contributed by atoms with E-state index in [1.807, 2.05) is 0 Å². The number of benzene rings is 1. The molecule has 1 heterocycles. The summed E-state index contributed by atoms with van der Waals surface area (Å²) in [4.78, 5) is 29.8. The van der Waals surface area contributed by atoms with Gasteiger partial charge in [-0.3, -0.25) is 14.2 Å². The number of nitriles is 1. The number of allylic oxidation sites excluding steroid dienone is 1. The first-order valence-corrected chi connectivity index (χ1v) is 10.5. The van der Waals surface area contributed by atoms with E-state index in [4.69, 9.17) is 11.6 Å². The van der Waals surface area contributed by atoms with Crippen LogP contribution in [0.2, 0.25) is 5.02 Å². The van der Waals surface area contributed by atoms with E-state index in [1.54, 1.807) is 24.3 Å². The second kappa shape index (κ2) is 8.80. The summed E-state index contributed by atoms with van der Waals surface area (Å²) in [6.45, 7) is 3.97. The van der Waals surface area contributed by atoms with Crippen LogP contribution in [0.3, 0.4) is 0 Å². The maximum atomic E-state index is 12.8. The van der Waals surface area contributed by atoms with Crippen molar-refractivity contribution in [2.24, 2.45) is 0 Å². The van der Waals surface area contributed by atoms with Crippen molar-refractivity contribution in [1.82, 2.24) is 14.9 Å². The highest BCUT2D eigenvalue weighted by molar-refractivity contribution is 7.99. The minimum atomic E-state index is -0.774. The lowest BCUT2D eigenvalue weighted by Crippen LogP contribution is -2.49. The van der Waals surface area contributed by atoms with E-state index in [9.17, 15) is 14.9 Å². The largest absolute Gasteiger partial charge is 0.337 e. The van der Waals surface area contributed by atoms with E-state index in [-0.39, 0.29) is 23.8 Å². The zero-order valence-corrected chi connectivity index (χ0v) is 17.0. The van der Waals surface area contributed by atoms with E-state index in [0.29, 0.717) is 33.9 Å². The third kappa shape index (κ3) is 4.40.